The molecule has 9 nitrogen and oxygen atoms in total. The monoisotopic (exact) mass is 387 g/mol. The van der Waals surface area contributed by atoms with E-state index in [9.17, 15) is 14.7 Å². The molecule has 140 valence electrons. The molecule has 4 N–H and O–H groups in total. The summed E-state index contributed by atoms with van der Waals surface area (Å²) in [7, 11) is 1.52. The molecule has 27 heavy (non-hydrogen) atoms. The van der Waals surface area contributed by atoms with Crippen molar-refractivity contribution in [3.05, 3.63) is 46.1 Å². The number of carbonyl (C=O) groups excluding carboxylic acids is 1. The van der Waals surface area contributed by atoms with Crippen molar-refractivity contribution < 1.29 is 19.8 Å². The lowest BCUT2D eigenvalue weighted by atomic mass is 10.1. The van der Waals surface area contributed by atoms with Crippen molar-refractivity contribution in [3.63, 3.8) is 0 Å². The molecule has 2 heterocycles. The highest BCUT2D eigenvalue weighted by Crippen LogP contribution is 2.29. The van der Waals surface area contributed by atoms with Crippen LogP contribution in [0.5, 0.6) is 5.75 Å². The lowest BCUT2D eigenvalue weighted by Crippen LogP contribution is -2.12. The van der Waals surface area contributed by atoms with Gasteiger partial charge < -0.3 is 20.8 Å². The minimum Gasteiger partial charge on any atom is -0.508 e. The van der Waals surface area contributed by atoms with Crippen LogP contribution < -0.4 is 10.6 Å². The summed E-state index contributed by atoms with van der Waals surface area (Å²) < 4.78 is 1.24. The number of carboxylic acid groups (broad SMARTS) is 1. The van der Waals surface area contributed by atoms with Gasteiger partial charge in [-0.2, -0.15) is 5.10 Å². The lowest BCUT2D eigenvalue weighted by Gasteiger charge is -2.11. The second-order valence-electron chi connectivity index (χ2n) is 5.85. The zero-order chi connectivity index (χ0) is 19.7. The standard InChI is InChI=1S/C17H17N5O4S/c1-8-4-5-11(23)9(2)14(8)20-15(24)12-7-18-17(27-12)19-13-6-10(16(25)26)22(3)21-13/h4-7,23H,1-3H3,(H,20,24)(H,25,26)(H,18,19,21). The number of aromatic nitrogens is 3. The van der Waals surface area contributed by atoms with Gasteiger partial charge in [0.2, 0.25) is 0 Å². The Morgan fingerprint density at radius 3 is 2.67 bits per heavy atom. The van der Waals surface area contributed by atoms with Crippen LogP contribution >= 0.6 is 11.3 Å². The van der Waals surface area contributed by atoms with Gasteiger partial charge in [0.25, 0.3) is 5.91 Å². The molecule has 0 aliphatic rings. The van der Waals surface area contributed by atoms with E-state index in [2.05, 4.69) is 20.7 Å². The second kappa shape index (κ2) is 7.08. The molecule has 0 aliphatic carbocycles. The number of hydrogen-bond acceptors (Lipinski definition) is 7. The highest BCUT2D eigenvalue weighted by molar-refractivity contribution is 7.17. The topological polar surface area (TPSA) is 129 Å². The number of nitrogens with one attached hydrogen (secondary N) is 2. The molecule has 0 saturated carbocycles. The van der Waals surface area contributed by atoms with Gasteiger partial charge >= 0.3 is 5.97 Å². The van der Waals surface area contributed by atoms with Gasteiger partial charge in [0.1, 0.15) is 16.3 Å². The fourth-order valence-corrected chi connectivity index (χ4v) is 3.20. The van der Waals surface area contributed by atoms with E-state index in [1.165, 1.54) is 24.0 Å². The minimum absolute atomic E-state index is 0.0295. The minimum atomic E-state index is -1.09. The van der Waals surface area contributed by atoms with E-state index in [0.717, 1.165) is 16.9 Å². The van der Waals surface area contributed by atoms with E-state index in [0.29, 0.717) is 27.1 Å². The molecule has 0 aliphatic heterocycles. The summed E-state index contributed by atoms with van der Waals surface area (Å²) in [5.41, 5.74) is 2.00. The fraction of sp³-hybridized carbons (Fsp3) is 0.176. The van der Waals surface area contributed by atoms with Crippen LogP contribution in [0.2, 0.25) is 0 Å². The average Bonchev–Trinajstić information content (AvgIpc) is 3.22. The van der Waals surface area contributed by atoms with Crippen LogP contribution in [0.4, 0.5) is 16.6 Å². The zero-order valence-electron chi connectivity index (χ0n) is 14.8. The Labute approximate surface area is 158 Å². The van der Waals surface area contributed by atoms with Crippen molar-refractivity contribution in [2.24, 2.45) is 7.05 Å². The number of rotatable bonds is 5. The van der Waals surface area contributed by atoms with E-state index >= 15 is 0 Å². The van der Waals surface area contributed by atoms with Crippen molar-refractivity contribution in [3.8, 4) is 5.75 Å². The predicted molar refractivity (Wildman–Crippen MR) is 101 cm³/mol. The summed E-state index contributed by atoms with van der Waals surface area (Å²) in [5, 5.41) is 29.0. The van der Waals surface area contributed by atoms with Crippen LogP contribution in [-0.4, -0.2) is 36.9 Å². The number of hydrogen-bond donors (Lipinski definition) is 4. The molecule has 2 aromatic heterocycles. The Morgan fingerprint density at radius 1 is 1.26 bits per heavy atom. The third kappa shape index (κ3) is 3.75. The number of amides is 1. The molecular weight excluding hydrogens is 370 g/mol. The van der Waals surface area contributed by atoms with Crippen LogP contribution in [0, 0.1) is 13.8 Å². The number of carboxylic acids is 1. The number of nitrogens with zero attached hydrogens (tertiary/aromatic N) is 3. The zero-order valence-corrected chi connectivity index (χ0v) is 15.6. The quantitative estimate of drug-likeness (QED) is 0.530. The third-order valence-electron chi connectivity index (χ3n) is 3.95. The van der Waals surface area contributed by atoms with E-state index in [-0.39, 0.29) is 17.4 Å². The van der Waals surface area contributed by atoms with E-state index in [1.807, 2.05) is 6.92 Å². The summed E-state index contributed by atoms with van der Waals surface area (Å²) >= 11 is 1.10. The van der Waals surface area contributed by atoms with Gasteiger partial charge in [-0.05, 0) is 25.5 Å². The molecular formula is C17H17N5O4S. The molecule has 1 aromatic carbocycles. The van der Waals surface area contributed by atoms with Crippen LogP contribution in [0.3, 0.4) is 0 Å². The third-order valence-corrected chi connectivity index (χ3v) is 4.86. The molecule has 0 saturated heterocycles. The van der Waals surface area contributed by atoms with Crippen molar-refractivity contribution in [1.82, 2.24) is 14.8 Å². The summed E-state index contributed by atoms with van der Waals surface area (Å²) in [4.78, 5) is 28.0. The van der Waals surface area contributed by atoms with Gasteiger partial charge in [0, 0.05) is 18.7 Å². The van der Waals surface area contributed by atoms with Crippen LogP contribution in [0.1, 0.15) is 31.3 Å². The van der Waals surface area contributed by atoms with Crippen molar-refractivity contribution in [2.75, 3.05) is 10.6 Å². The smallest absolute Gasteiger partial charge is 0.354 e. The summed E-state index contributed by atoms with van der Waals surface area (Å²) in [5.74, 6) is -1.03. The number of anilines is 3. The Kier molecular flexibility index (Phi) is 4.82. The normalized spacial score (nSPS) is 10.6. The largest absolute Gasteiger partial charge is 0.508 e. The van der Waals surface area contributed by atoms with Gasteiger partial charge in [0.15, 0.2) is 10.9 Å². The Morgan fingerprint density at radius 2 is 2.00 bits per heavy atom. The maximum absolute atomic E-state index is 12.5. The lowest BCUT2D eigenvalue weighted by molar-refractivity contribution is 0.0684. The summed E-state index contributed by atoms with van der Waals surface area (Å²) in [6, 6.07) is 4.68. The van der Waals surface area contributed by atoms with E-state index < -0.39 is 5.97 Å². The molecule has 0 atom stereocenters. The SMILES string of the molecule is Cc1ccc(O)c(C)c1NC(=O)c1cnc(Nc2cc(C(=O)O)n(C)n2)s1. The Balaban J connectivity index is 1.76. The van der Waals surface area contributed by atoms with E-state index in [4.69, 9.17) is 5.11 Å². The first-order valence-corrected chi connectivity index (χ1v) is 8.68. The van der Waals surface area contributed by atoms with Crippen molar-refractivity contribution >= 4 is 39.9 Å². The summed E-state index contributed by atoms with van der Waals surface area (Å²) in [6.45, 7) is 3.56. The molecule has 0 unspecified atom stereocenters. The number of phenolic OH excluding ortho intramolecular Hbond substituents is 1. The van der Waals surface area contributed by atoms with E-state index in [1.54, 1.807) is 19.1 Å². The number of aromatic carboxylic acids is 1. The van der Waals surface area contributed by atoms with Gasteiger partial charge in [-0.3, -0.25) is 9.48 Å². The fourth-order valence-electron chi connectivity index (χ4n) is 2.48. The van der Waals surface area contributed by atoms with Crippen LogP contribution in [-0.2, 0) is 7.05 Å². The first kappa shape index (κ1) is 18.4. The first-order valence-electron chi connectivity index (χ1n) is 7.87. The van der Waals surface area contributed by atoms with Crippen LogP contribution in [0.25, 0.3) is 0 Å². The first-order chi connectivity index (χ1) is 12.8. The molecule has 0 spiro atoms. The number of thiazole rings is 1. The number of aromatic hydroxyl groups is 1. The van der Waals surface area contributed by atoms with Gasteiger partial charge in [0.05, 0.1) is 11.9 Å². The molecule has 0 fully saturated rings. The van der Waals surface area contributed by atoms with Crippen LogP contribution in [0.15, 0.2) is 24.4 Å². The highest BCUT2D eigenvalue weighted by Gasteiger charge is 2.16. The predicted octanol–water partition coefficient (Wildman–Crippen LogP) is 2.89. The van der Waals surface area contributed by atoms with Crippen molar-refractivity contribution in [2.45, 2.75) is 13.8 Å². The Bertz CT molecular complexity index is 1040. The maximum atomic E-state index is 12.5. The average molecular weight is 387 g/mol. The maximum Gasteiger partial charge on any atom is 0.354 e. The molecule has 3 rings (SSSR count). The Hall–Kier alpha value is -3.40. The molecule has 0 bridgehead atoms. The van der Waals surface area contributed by atoms with Crippen molar-refractivity contribution in [1.29, 1.82) is 0 Å². The number of benzene rings is 1. The summed E-state index contributed by atoms with van der Waals surface area (Å²) in [6.07, 6.45) is 1.41. The molecule has 1 amide bonds. The molecule has 3 aromatic rings. The van der Waals surface area contributed by atoms with Gasteiger partial charge in [-0.25, -0.2) is 9.78 Å². The second-order valence-corrected chi connectivity index (χ2v) is 6.88. The number of aryl methyl sites for hydroxylation is 2. The molecule has 0 radical (unpaired) electrons. The number of carbonyl (C=O) groups is 2. The van der Waals surface area contributed by atoms with Gasteiger partial charge in [-0.15, -0.1) is 0 Å². The van der Waals surface area contributed by atoms with Gasteiger partial charge in [-0.1, -0.05) is 17.4 Å². The number of phenols is 1. The molecule has 10 heteroatoms. The highest BCUT2D eigenvalue weighted by atomic mass is 32.1.